The molecule has 1 amide bonds. The van der Waals surface area contributed by atoms with E-state index in [1.807, 2.05) is 13.8 Å². The van der Waals surface area contributed by atoms with E-state index in [0.29, 0.717) is 18.7 Å². The van der Waals surface area contributed by atoms with Crippen molar-refractivity contribution in [3.05, 3.63) is 0 Å². The molecule has 2 atom stereocenters. The van der Waals surface area contributed by atoms with Crippen molar-refractivity contribution in [2.75, 3.05) is 13.2 Å². The van der Waals surface area contributed by atoms with Gasteiger partial charge in [-0.1, -0.05) is 0 Å². The van der Waals surface area contributed by atoms with Crippen LogP contribution in [0.5, 0.6) is 0 Å². The van der Waals surface area contributed by atoms with Gasteiger partial charge in [-0.3, -0.25) is 4.79 Å². The van der Waals surface area contributed by atoms with Gasteiger partial charge in [-0.15, -0.1) is 0 Å². The van der Waals surface area contributed by atoms with Gasteiger partial charge < -0.3 is 15.8 Å². The van der Waals surface area contributed by atoms with E-state index < -0.39 is 5.41 Å². The van der Waals surface area contributed by atoms with Crippen LogP contribution in [0, 0.1) is 5.41 Å². The molecule has 1 heterocycles. The first-order valence-corrected chi connectivity index (χ1v) is 5.57. The van der Waals surface area contributed by atoms with Crippen LogP contribution in [0.15, 0.2) is 0 Å². The fourth-order valence-corrected chi connectivity index (χ4v) is 1.67. The van der Waals surface area contributed by atoms with Crippen molar-refractivity contribution in [1.82, 2.24) is 5.32 Å². The Kier molecular flexibility index (Phi) is 4.11. The topological polar surface area (TPSA) is 64.3 Å². The van der Waals surface area contributed by atoms with Gasteiger partial charge in [-0.05, 0) is 33.6 Å². The molecule has 0 aromatic rings. The lowest BCUT2D eigenvalue weighted by atomic mass is 9.91. The Morgan fingerprint density at radius 1 is 1.60 bits per heavy atom. The van der Waals surface area contributed by atoms with Crippen LogP contribution in [-0.4, -0.2) is 31.2 Å². The largest absolute Gasteiger partial charge is 0.378 e. The van der Waals surface area contributed by atoms with Gasteiger partial charge in [-0.2, -0.15) is 0 Å². The van der Waals surface area contributed by atoms with Gasteiger partial charge in [0.2, 0.25) is 5.91 Å². The molecule has 0 saturated carbocycles. The summed E-state index contributed by atoms with van der Waals surface area (Å²) >= 11 is 0. The van der Waals surface area contributed by atoms with E-state index in [1.165, 1.54) is 0 Å². The molecule has 0 aromatic carbocycles. The zero-order valence-corrected chi connectivity index (χ0v) is 9.88. The Hall–Kier alpha value is -0.610. The molecule has 1 aliphatic rings. The molecule has 2 unspecified atom stereocenters. The molecule has 4 heteroatoms. The number of nitrogens with one attached hydrogen (secondary N) is 1. The van der Waals surface area contributed by atoms with Gasteiger partial charge >= 0.3 is 0 Å². The molecule has 15 heavy (non-hydrogen) atoms. The molecule has 1 fully saturated rings. The lowest BCUT2D eigenvalue weighted by Gasteiger charge is -2.31. The molecule has 0 aliphatic carbocycles. The van der Waals surface area contributed by atoms with E-state index in [2.05, 4.69) is 12.2 Å². The minimum absolute atomic E-state index is 0.255. The fourth-order valence-electron chi connectivity index (χ4n) is 1.67. The summed E-state index contributed by atoms with van der Waals surface area (Å²) in [5.74, 6) is -0.255. The van der Waals surface area contributed by atoms with Gasteiger partial charge in [0.05, 0.1) is 11.5 Å². The number of primary amides is 1. The van der Waals surface area contributed by atoms with Gasteiger partial charge in [0.1, 0.15) is 0 Å². The number of rotatable bonds is 4. The second-order valence-electron chi connectivity index (χ2n) is 5.03. The highest BCUT2D eigenvalue weighted by Crippen LogP contribution is 2.16. The zero-order valence-electron chi connectivity index (χ0n) is 9.88. The molecule has 0 bridgehead atoms. The minimum Gasteiger partial charge on any atom is -0.378 e. The van der Waals surface area contributed by atoms with E-state index in [-0.39, 0.29) is 5.91 Å². The minimum atomic E-state index is -0.471. The smallest absolute Gasteiger partial charge is 0.224 e. The Bertz CT molecular complexity index is 229. The molecular weight excluding hydrogens is 192 g/mol. The lowest BCUT2D eigenvalue weighted by molar-refractivity contribution is -0.125. The Morgan fingerprint density at radius 3 is 2.80 bits per heavy atom. The van der Waals surface area contributed by atoms with Crippen LogP contribution >= 0.6 is 0 Å². The van der Waals surface area contributed by atoms with E-state index in [1.54, 1.807) is 0 Å². The number of nitrogens with two attached hydrogens (primary N) is 1. The van der Waals surface area contributed by atoms with Crippen LogP contribution in [0.1, 0.15) is 33.6 Å². The SMILES string of the molecule is CC1CC(NCC(C)(C)C(N)=O)CCO1. The van der Waals surface area contributed by atoms with Crippen LogP contribution < -0.4 is 11.1 Å². The first-order chi connectivity index (χ1) is 6.92. The predicted octanol–water partition coefficient (Wildman–Crippen LogP) is 0.655. The maximum absolute atomic E-state index is 11.1. The van der Waals surface area contributed by atoms with Gasteiger partial charge in [-0.25, -0.2) is 0 Å². The third-order valence-electron chi connectivity index (χ3n) is 2.98. The number of carbonyl (C=O) groups excluding carboxylic acids is 1. The number of amides is 1. The maximum atomic E-state index is 11.1. The summed E-state index contributed by atoms with van der Waals surface area (Å²) in [4.78, 5) is 11.1. The summed E-state index contributed by atoms with van der Waals surface area (Å²) in [5.41, 5.74) is 4.84. The summed E-state index contributed by atoms with van der Waals surface area (Å²) in [6, 6.07) is 0.451. The molecule has 1 saturated heterocycles. The van der Waals surface area contributed by atoms with E-state index in [4.69, 9.17) is 10.5 Å². The average Bonchev–Trinajstić information content (AvgIpc) is 2.15. The van der Waals surface area contributed by atoms with Crippen molar-refractivity contribution in [1.29, 1.82) is 0 Å². The highest BCUT2D eigenvalue weighted by molar-refractivity contribution is 5.80. The molecule has 88 valence electrons. The van der Waals surface area contributed by atoms with Crippen molar-refractivity contribution in [3.63, 3.8) is 0 Å². The van der Waals surface area contributed by atoms with Gasteiger partial charge in [0.25, 0.3) is 0 Å². The van der Waals surface area contributed by atoms with Crippen molar-refractivity contribution >= 4 is 5.91 Å². The number of hydrogen-bond acceptors (Lipinski definition) is 3. The van der Waals surface area contributed by atoms with Crippen molar-refractivity contribution in [2.45, 2.75) is 45.8 Å². The Morgan fingerprint density at radius 2 is 2.27 bits per heavy atom. The third-order valence-corrected chi connectivity index (χ3v) is 2.98. The molecule has 1 rings (SSSR count). The van der Waals surface area contributed by atoms with E-state index in [9.17, 15) is 4.79 Å². The second kappa shape index (κ2) is 4.94. The van der Waals surface area contributed by atoms with Crippen molar-refractivity contribution < 1.29 is 9.53 Å². The second-order valence-corrected chi connectivity index (χ2v) is 5.03. The Balaban J connectivity index is 2.33. The van der Waals surface area contributed by atoms with Crippen LogP contribution in [0.4, 0.5) is 0 Å². The molecule has 3 N–H and O–H groups in total. The van der Waals surface area contributed by atoms with Crippen LogP contribution in [0.25, 0.3) is 0 Å². The van der Waals surface area contributed by atoms with Crippen molar-refractivity contribution in [2.24, 2.45) is 11.1 Å². The number of carbonyl (C=O) groups is 1. The zero-order chi connectivity index (χ0) is 11.5. The molecule has 0 radical (unpaired) electrons. The van der Waals surface area contributed by atoms with Crippen molar-refractivity contribution in [3.8, 4) is 0 Å². The standard InChI is InChI=1S/C11H22N2O2/c1-8-6-9(4-5-15-8)13-7-11(2,3)10(12)14/h8-9,13H,4-7H2,1-3H3,(H2,12,14). The summed E-state index contributed by atoms with van der Waals surface area (Å²) in [6.07, 6.45) is 2.33. The number of hydrogen-bond donors (Lipinski definition) is 2. The average molecular weight is 214 g/mol. The molecule has 1 aliphatic heterocycles. The van der Waals surface area contributed by atoms with Gasteiger partial charge in [0, 0.05) is 19.2 Å². The summed E-state index contributed by atoms with van der Waals surface area (Å²) in [6.45, 7) is 7.25. The maximum Gasteiger partial charge on any atom is 0.224 e. The fraction of sp³-hybridized carbons (Fsp3) is 0.909. The molecular formula is C11H22N2O2. The summed E-state index contributed by atoms with van der Waals surface area (Å²) < 4.78 is 5.46. The highest BCUT2D eigenvalue weighted by atomic mass is 16.5. The van der Waals surface area contributed by atoms with Crippen LogP contribution in [0.2, 0.25) is 0 Å². The lowest BCUT2D eigenvalue weighted by Crippen LogP contribution is -2.46. The summed E-state index contributed by atoms with van der Waals surface area (Å²) in [7, 11) is 0. The quantitative estimate of drug-likeness (QED) is 0.722. The highest BCUT2D eigenvalue weighted by Gasteiger charge is 2.27. The van der Waals surface area contributed by atoms with Gasteiger partial charge in [0.15, 0.2) is 0 Å². The van der Waals surface area contributed by atoms with Crippen LogP contribution in [-0.2, 0) is 9.53 Å². The first kappa shape index (κ1) is 12.5. The predicted molar refractivity (Wildman–Crippen MR) is 59.4 cm³/mol. The molecule has 0 spiro atoms. The summed E-state index contributed by atoms with van der Waals surface area (Å²) in [5, 5.41) is 3.39. The molecule has 4 nitrogen and oxygen atoms in total. The van der Waals surface area contributed by atoms with Crippen LogP contribution in [0.3, 0.4) is 0 Å². The molecule has 0 aromatic heterocycles. The Labute approximate surface area is 91.5 Å². The first-order valence-electron chi connectivity index (χ1n) is 5.57. The third kappa shape index (κ3) is 3.80. The monoisotopic (exact) mass is 214 g/mol. The van der Waals surface area contributed by atoms with E-state index in [0.717, 1.165) is 19.4 Å². The number of ether oxygens (including phenoxy) is 1. The normalized spacial score (nSPS) is 27.7. The van der Waals surface area contributed by atoms with E-state index >= 15 is 0 Å².